The maximum atomic E-state index is 3.46. The smallest absolute Gasteiger partial charge is 0.0212 e. The molecular formula is C12H22Br2. The summed E-state index contributed by atoms with van der Waals surface area (Å²) >= 11 is 6.83. The van der Waals surface area contributed by atoms with E-state index in [1.54, 1.807) is 0 Å². The highest BCUT2D eigenvalue weighted by Crippen LogP contribution is 2.09. The average molecular weight is 326 g/mol. The molecule has 0 aromatic carbocycles. The van der Waals surface area contributed by atoms with E-state index in [1.165, 1.54) is 56.7 Å². The van der Waals surface area contributed by atoms with Crippen molar-refractivity contribution in [3.05, 3.63) is 12.2 Å². The van der Waals surface area contributed by atoms with E-state index in [9.17, 15) is 0 Å². The molecule has 0 aliphatic heterocycles. The normalized spacial score (nSPS) is 11.3. The van der Waals surface area contributed by atoms with Crippen LogP contribution in [0.3, 0.4) is 0 Å². The summed E-state index contributed by atoms with van der Waals surface area (Å²) in [4.78, 5) is 0. The predicted molar refractivity (Wildman–Crippen MR) is 73.7 cm³/mol. The zero-order valence-corrected chi connectivity index (χ0v) is 12.2. The largest absolute Gasteiger partial charge is 0.0928 e. The second kappa shape index (κ2) is 13.7. The number of halogens is 2. The highest BCUT2D eigenvalue weighted by molar-refractivity contribution is 9.09. The number of alkyl halides is 2. The maximum Gasteiger partial charge on any atom is 0.0212 e. The minimum atomic E-state index is 1.000. The van der Waals surface area contributed by atoms with Gasteiger partial charge < -0.3 is 0 Å². The van der Waals surface area contributed by atoms with Gasteiger partial charge in [0, 0.05) is 10.7 Å². The molecule has 0 unspecified atom stereocenters. The zero-order valence-electron chi connectivity index (χ0n) is 8.98. The molecule has 0 aromatic rings. The van der Waals surface area contributed by atoms with Crippen LogP contribution in [0, 0.1) is 0 Å². The Kier molecular flexibility index (Phi) is 14.4. The Morgan fingerprint density at radius 2 is 1.21 bits per heavy atom. The Bertz CT molecular complexity index is 121. The topological polar surface area (TPSA) is 0 Å². The van der Waals surface area contributed by atoms with Crippen molar-refractivity contribution in [2.24, 2.45) is 0 Å². The molecule has 0 bridgehead atoms. The third kappa shape index (κ3) is 12.7. The van der Waals surface area contributed by atoms with Gasteiger partial charge in [0.2, 0.25) is 0 Å². The van der Waals surface area contributed by atoms with Crippen LogP contribution in [0.5, 0.6) is 0 Å². The molecule has 0 saturated carbocycles. The molecule has 0 heterocycles. The first-order valence-corrected chi connectivity index (χ1v) is 7.93. The molecule has 0 nitrogen and oxygen atoms in total. The highest BCUT2D eigenvalue weighted by Gasteiger charge is 1.90. The van der Waals surface area contributed by atoms with E-state index in [1.807, 2.05) is 0 Å². The summed E-state index contributed by atoms with van der Waals surface area (Å²) in [5.41, 5.74) is 0. The molecule has 0 aliphatic rings. The van der Waals surface area contributed by atoms with Crippen LogP contribution in [0.15, 0.2) is 12.2 Å². The van der Waals surface area contributed by atoms with E-state index >= 15 is 0 Å². The second-order valence-electron chi connectivity index (χ2n) is 3.58. The first-order chi connectivity index (χ1) is 6.91. The van der Waals surface area contributed by atoms with E-state index < -0.39 is 0 Å². The van der Waals surface area contributed by atoms with Crippen molar-refractivity contribution in [3.63, 3.8) is 0 Å². The van der Waals surface area contributed by atoms with Gasteiger partial charge >= 0.3 is 0 Å². The summed E-state index contributed by atoms with van der Waals surface area (Å²) in [6.07, 6.45) is 15.5. The van der Waals surface area contributed by atoms with E-state index in [-0.39, 0.29) is 0 Å². The van der Waals surface area contributed by atoms with Crippen LogP contribution in [0.4, 0.5) is 0 Å². The molecule has 0 aromatic heterocycles. The Hall–Kier alpha value is 0.700. The Balaban J connectivity index is 2.88. The molecule has 2 heteroatoms. The summed E-state index contributed by atoms with van der Waals surface area (Å²) < 4.78 is 0. The van der Waals surface area contributed by atoms with Gasteiger partial charge in [-0.15, -0.1) is 0 Å². The molecule has 0 N–H and O–H groups in total. The third-order valence-electron chi connectivity index (χ3n) is 2.26. The summed E-state index contributed by atoms with van der Waals surface area (Å²) in [5, 5.41) is 2.17. The summed E-state index contributed by atoms with van der Waals surface area (Å²) in [5.74, 6) is 0. The molecular weight excluding hydrogens is 304 g/mol. The number of rotatable bonds is 10. The van der Waals surface area contributed by atoms with Crippen LogP contribution in [-0.2, 0) is 0 Å². The van der Waals surface area contributed by atoms with Gasteiger partial charge in [-0.05, 0) is 19.3 Å². The predicted octanol–water partition coefficient (Wildman–Crippen LogP) is 5.45. The molecule has 0 spiro atoms. The SMILES string of the molecule is BrC/C=C/CCCCCCCCCBr. The van der Waals surface area contributed by atoms with Crippen LogP contribution < -0.4 is 0 Å². The van der Waals surface area contributed by atoms with E-state index in [0.717, 1.165) is 5.33 Å². The third-order valence-corrected chi connectivity index (χ3v) is 3.19. The standard InChI is InChI=1S/C12H22Br2/c13-11-9-7-5-3-1-2-4-6-8-10-12-14/h7,9H,1-6,8,10-12H2/b9-7+. The van der Waals surface area contributed by atoms with Gasteiger partial charge in [0.15, 0.2) is 0 Å². The molecule has 0 saturated heterocycles. The first kappa shape index (κ1) is 14.7. The Labute approximate surface area is 106 Å². The fraction of sp³-hybridized carbons (Fsp3) is 0.833. The lowest BCUT2D eigenvalue weighted by atomic mass is 10.1. The van der Waals surface area contributed by atoms with Crippen LogP contribution in [0.1, 0.15) is 51.4 Å². The summed E-state index contributed by atoms with van der Waals surface area (Å²) in [6, 6.07) is 0. The van der Waals surface area contributed by atoms with Crippen molar-refractivity contribution < 1.29 is 0 Å². The molecule has 0 rings (SSSR count). The average Bonchev–Trinajstić information content (AvgIpc) is 2.21. The van der Waals surface area contributed by atoms with Crippen molar-refractivity contribution in [2.45, 2.75) is 51.4 Å². The van der Waals surface area contributed by atoms with Crippen LogP contribution >= 0.6 is 31.9 Å². The highest BCUT2D eigenvalue weighted by atomic mass is 79.9. The quantitative estimate of drug-likeness (QED) is 0.284. The summed E-state index contributed by atoms with van der Waals surface area (Å²) in [7, 11) is 0. The lowest BCUT2D eigenvalue weighted by molar-refractivity contribution is 0.594. The zero-order chi connectivity index (χ0) is 10.5. The van der Waals surface area contributed by atoms with E-state index in [0.29, 0.717) is 0 Å². The minimum absolute atomic E-state index is 1.000. The van der Waals surface area contributed by atoms with Gasteiger partial charge in [-0.3, -0.25) is 0 Å². The monoisotopic (exact) mass is 324 g/mol. The lowest BCUT2D eigenvalue weighted by Gasteiger charge is -1.99. The fourth-order valence-corrected chi connectivity index (χ4v) is 2.08. The van der Waals surface area contributed by atoms with Gasteiger partial charge in [0.25, 0.3) is 0 Å². The molecule has 0 atom stereocenters. The Morgan fingerprint density at radius 1 is 0.643 bits per heavy atom. The van der Waals surface area contributed by atoms with Gasteiger partial charge in [-0.2, -0.15) is 0 Å². The maximum absolute atomic E-state index is 3.46. The number of allylic oxidation sites excluding steroid dienone is 2. The molecule has 0 radical (unpaired) electrons. The molecule has 84 valence electrons. The number of hydrogen-bond acceptors (Lipinski definition) is 0. The van der Waals surface area contributed by atoms with Crippen LogP contribution in [0.2, 0.25) is 0 Å². The van der Waals surface area contributed by atoms with Crippen molar-refractivity contribution in [3.8, 4) is 0 Å². The summed E-state index contributed by atoms with van der Waals surface area (Å²) in [6.45, 7) is 0. The van der Waals surface area contributed by atoms with E-state index in [4.69, 9.17) is 0 Å². The van der Waals surface area contributed by atoms with Gasteiger partial charge in [-0.1, -0.05) is 76.1 Å². The molecule has 0 amide bonds. The second-order valence-corrected chi connectivity index (χ2v) is 5.02. The molecule has 0 aliphatic carbocycles. The molecule has 14 heavy (non-hydrogen) atoms. The minimum Gasteiger partial charge on any atom is -0.0928 e. The van der Waals surface area contributed by atoms with Crippen molar-refractivity contribution in [2.75, 3.05) is 10.7 Å². The Morgan fingerprint density at radius 3 is 1.79 bits per heavy atom. The van der Waals surface area contributed by atoms with Crippen molar-refractivity contribution >= 4 is 31.9 Å². The number of unbranched alkanes of at least 4 members (excludes halogenated alkanes) is 7. The lowest BCUT2D eigenvalue weighted by Crippen LogP contribution is -1.80. The first-order valence-electron chi connectivity index (χ1n) is 5.68. The van der Waals surface area contributed by atoms with Crippen molar-refractivity contribution in [1.82, 2.24) is 0 Å². The van der Waals surface area contributed by atoms with Gasteiger partial charge in [-0.25, -0.2) is 0 Å². The van der Waals surface area contributed by atoms with Crippen LogP contribution in [0.25, 0.3) is 0 Å². The van der Waals surface area contributed by atoms with Gasteiger partial charge in [0.1, 0.15) is 0 Å². The van der Waals surface area contributed by atoms with Crippen molar-refractivity contribution in [1.29, 1.82) is 0 Å². The number of hydrogen-bond donors (Lipinski definition) is 0. The van der Waals surface area contributed by atoms with E-state index in [2.05, 4.69) is 44.0 Å². The fourth-order valence-electron chi connectivity index (χ4n) is 1.42. The molecule has 0 fully saturated rings. The van der Waals surface area contributed by atoms with Crippen LogP contribution in [-0.4, -0.2) is 10.7 Å². The van der Waals surface area contributed by atoms with Gasteiger partial charge in [0.05, 0.1) is 0 Å².